The summed E-state index contributed by atoms with van der Waals surface area (Å²) in [6.45, 7) is 4.10. The van der Waals surface area contributed by atoms with Crippen LogP contribution in [0.3, 0.4) is 0 Å². The van der Waals surface area contributed by atoms with E-state index in [9.17, 15) is 4.79 Å². The molecule has 0 saturated carbocycles. The van der Waals surface area contributed by atoms with Crippen LogP contribution in [0.4, 0.5) is 10.5 Å². The molecule has 3 rings (SSSR count). The molecular formula is C16H22ClN3O2S. The number of morpholine rings is 1. The van der Waals surface area contributed by atoms with Crippen LogP contribution < -0.4 is 10.6 Å². The summed E-state index contributed by atoms with van der Waals surface area (Å²) < 4.78 is 5.46. The fourth-order valence-corrected chi connectivity index (χ4v) is 4.79. The number of hydrogen-bond acceptors (Lipinski definition) is 4. The van der Waals surface area contributed by atoms with Gasteiger partial charge in [-0.3, -0.25) is 4.90 Å². The minimum absolute atomic E-state index is 0.0557. The van der Waals surface area contributed by atoms with Crippen molar-refractivity contribution in [2.45, 2.75) is 12.0 Å². The Balaban J connectivity index is 1.57. The van der Waals surface area contributed by atoms with Crippen molar-refractivity contribution in [3.63, 3.8) is 0 Å². The zero-order chi connectivity index (χ0) is 16.1. The summed E-state index contributed by atoms with van der Waals surface area (Å²) >= 11 is 7.90. The van der Waals surface area contributed by atoms with E-state index in [1.807, 2.05) is 23.9 Å². The lowest BCUT2D eigenvalue weighted by atomic mass is 9.95. The summed E-state index contributed by atoms with van der Waals surface area (Å²) in [4.78, 5) is 14.7. The predicted octanol–water partition coefficient (Wildman–Crippen LogP) is 2.67. The van der Waals surface area contributed by atoms with Gasteiger partial charge in [-0.15, -0.1) is 0 Å². The van der Waals surface area contributed by atoms with Crippen molar-refractivity contribution in [3.05, 3.63) is 29.3 Å². The number of ether oxygens (including phenoxy) is 1. The highest BCUT2D eigenvalue weighted by atomic mass is 35.5. The number of nitrogens with zero attached hydrogens (tertiary/aromatic N) is 1. The molecule has 23 heavy (non-hydrogen) atoms. The first-order valence-electron chi connectivity index (χ1n) is 7.89. The molecule has 2 amide bonds. The first-order valence-corrected chi connectivity index (χ1v) is 9.42. The topological polar surface area (TPSA) is 53.6 Å². The van der Waals surface area contributed by atoms with E-state index in [-0.39, 0.29) is 11.6 Å². The van der Waals surface area contributed by atoms with Crippen molar-refractivity contribution >= 4 is 35.1 Å². The van der Waals surface area contributed by atoms with E-state index in [1.54, 1.807) is 12.1 Å². The van der Waals surface area contributed by atoms with E-state index < -0.39 is 0 Å². The third-order valence-corrected chi connectivity index (χ3v) is 5.89. The van der Waals surface area contributed by atoms with E-state index in [0.717, 1.165) is 44.2 Å². The Morgan fingerprint density at radius 3 is 2.91 bits per heavy atom. The number of benzene rings is 1. The maximum atomic E-state index is 12.2. The number of anilines is 1. The summed E-state index contributed by atoms with van der Waals surface area (Å²) in [7, 11) is 0. The first kappa shape index (κ1) is 16.9. The van der Waals surface area contributed by atoms with Crippen LogP contribution in [0.2, 0.25) is 5.02 Å². The molecule has 1 atom stereocenters. The fourth-order valence-electron chi connectivity index (χ4n) is 3.12. The normalized spacial score (nSPS) is 25.3. The highest BCUT2D eigenvalue weighted by Crippen LogP contribution is 2.33. The smallest absolute Gasteiger partial charge is 0.319 e. The van der Waals surface area contributed by atoms with Crippen molar-refractivity contribution in [2.24, 2.45) is 0 Å². The van der Waals surface area contributed by atoms with E-state index in [0.29, 0.717) is 17.3 Å². The Labute approximate surface area is 146 Å². The number of nitrogens with one attached hydrogen (secondary N) is 2. The lowest BCUT2D eigenvalue weighted by Crippen LogP contribution is -2.59. The van der Waals surface area contributed by atoms with Crippen molar-refractivity contribution < 1.29 is 9.53 Å². The quantitative estimate of drug-likeness (QED) is 0.871. The van der Waals surface area contributed by atoms with Crippen molar-refractivity contribution in [1.29, 1.82) is 0 Å². The van der Waals surface area contributed by atoms with Crippen molar-refractivity contribution in [2.75, 3.05) is 49.7 Å². The molecule has 0 radical (unpaired) electrons. The second-order valence-electron chi connectivity index (χ2n) is 5.94. The van der Waals surface area contributed by atoms with Gasteiger partial charge < -0.3 is 15.4 Å². The Kier molecular flexibility index (Phi) is 5.69. The first-order chi connectivity index (χ1) is 11.2. The summed E-state index contributed by atoms with van der Waals surface area (Å²) in [6.07, 6.45) is 1.11. The van der Waals surface area contributed by atoms with Gasteiger partial charge in [0.1, 0.15) is 0 Å². The number of rotatable bonds is 4. The molecule has 0 aliphatic carbocycles. The van der Waals surface area contributed by atoms with Crippen LogP contribution in [0.5, 0.6) is 0 Å². The minimum atomic E-state index is -0.184. The second-order valence-corrected chi connectivity index (χ2v) is 7.49. The molecule has 0 bridgehead atoms. The zero-order valence-electron chi connectivity index (χ0n) is 13.0. The van der Waals surface area contributed by atoms with Gasteiger partial charge >= 0.3 is 6.03 Å². The molecule has 2 saturated heterocycles. The van der Waals surface area contributed by atoms with Crippen LogP contribution in [0.1, 0.15) is 6.42 Å². The molecule has 1 aromatic carbocycles. The van der Waals surface area contributed by atoms with Gasteiger partial charge in [-0.25, -0.2) is 4.79 Å². The number of carbonyl (C=O) groups is 1. The van der Waals surface area contributed by atoms with E-state index in [1.165, 1.54) is 0 Å². The molecule has 1 aromatic rings. The molecule has 2 heterocycles. The van der Waals surface area contributed by atoms with Gasteiger partial charge in [0.15, 0.2) is 0 Å². The summed E-state index contributed by atoms with van der Waals surface area (Å²) in [5.74, 6) is 2.21. The number of urea groups is 1. The standard InChI is InChI=1S/C16H22ClN3O2S/c17-13-2-1-3-14(10-13)19-15(21)18-11-16(4-9-23-12-16)20-5-7-22-8-6-20/h1-3,10H,4-9,11-12H2,(H2,18,19,21)/t16-/m1/s1. The van der Waals surface area contributed by atoms with Gasteiger partial charge in [-0.1, -0.05) is 17.7 Å². The maximum Gasteiger partial charge on any atom is 0.319 e. The van der Waals surface area contributed by atoms with Crippen LogP contribution >= 0.6 is 23.4 Å². The number of halogens is 1. The monoisotopic (exact) mass is 355 g/mol. The molecule has 2 fully saturated rings. The molecule has 0 spiro atoms. The largest absolute Gasteiger partial charge is 0.379 e. The average molecular weight is 356 g/mol. The third-order valence-electron chi connectivity index (χ3n) is 4.42. The molecule has 0 unspecified atom stereocenters. The Hall–Kier alpha value is -0.950. The van der Waals surface area contributed by atoms with Crippen molar-refractivity contribution in [1.82, 2.24) is 10.2 Å². The van der Waals surface area contributed by atoms with Gasteiger partial charge in [0.05, 0.1) is 13.2 Å². The molecule has 2 aliphatic rings. The molecule has 126 valence electrons. The van der Waals surface area contributed by atoms with Crippen LogP contribution in [-0.2, 0) is 4.74 Å². The molecule has 5 nitrogen and oxygen atoms in total. The maximum absolute atomic E-state index is 12.2. The van der Waals surface area contributed by atoms with E-state index in [4.69, 9.17) is 16.3 Å². The Morgan fingerprint density at radius 2 is 2.22 bits per heavy atom. The van der Waals surface area contributed by atoms with Crippen LogP contribution in [0.15, 0.2) is 24.3 Å². The lowest BCUT2D eigenvalue weighted by molar-refractivity contribution is -0.0123. The highest BCUT2D eigenvalue weighted by Gasteiger charge is 2.40. The molecule has 2 aliphatic heterocycles. The number of thioether (sulfide) groups is 1. The number of amides is 2. The summed E-state index contributed by atoms with van der Waals surface area (Å²) in [5.41, 5.74) is 0.761. The van der Waals surface area contributed by atoms with Gasteiger partial charge in [0.2, 0.25) is 0 Å². The van der Waals surface area contributed by atoms with E-state index >= 15 is 0 Å². The number of hydrogen-bond donors (Lipinski definition) is 2. The molecular weight excluding hydrogens is 334 g/mol. The number of carbonyl (C=O) groups excluding carboxylic acids is 1. The van der Waals surface area contributed by atoms with Crippen LogP contribution in [-0.4, -0.2) is 60.8 Å². The summed E-state index contributed by atoms with van der Waals surface area (Å²) in [6, 6.07) is 6.99. The average Bonchev–Trinajstić information content (AvgIpc) is 3.04. The van der Waals surface area contributed by atoms with Crippen molar-refractivity contribution in [3.8, 4) is 0 Å². The lowest BCUT2D eigenvalue weighted by Gasteiger charge is -2.43. The molecule has 0 aromatic heterocycles. The van der Waals surface area contributed by atoms with Gasteiger partial charge in [0, 0.05) is 41.6 Å². The summed E-state index contributed by atoms with van der Waals surface area (Å²) in [5, 5.41) is 6.49. The Bertz CT molecular complexity index is 546. The second kappa shape index (κ2) is 7.75. The van der Waals surface area contributed by atoms with Crippen LogP contribution in [0.25, 0.3) is 0 Å². The predicted molar refractivity (Wildman–Crippen MR) is 95.5 cm³/mol. The highest BCUT2D eigenvalue weighted by molar-refractivity contribution is 7.99. The third kappa shape index (κ3) is 4.32. The van der Waals surface area contributed by atoms with Gasteiger partial charge in [-0.05, 0) is 30.4 Å². The SMILES string of the molecule is O=C(NC[C@]1(N2CCOCC2)CCSC1)Nc1cccc(Cl)c1. The molecule has 7 heteroatoms. The zero-order valence-corrected chi connectivity index (χ0v) is 14.6. The Morgan fingerprint density at radius 1 is 1.39 bits per heavy atom. The van der Waals surface area contributed by atoms with Gasteiger partial charge in [-0.2, -0.15) is 11.8 Å². The minimum Gasteiger partial charge on any atom is -0.379 e. The van der Waals surface area contributed by atoms with Crippen LogP contribution in [0, 0.1) is 0 Å². The fraction of sp³-hybridized carbons (Fsp3) is 0.562. The van der Waals surface area contributed by atoms with E-state index in [2.05, 4.69) is 15.5 Å². The van der Waals surface area contributed by atoms with Gasteiger partial charge in [0.25, 0.3) is 0 Å². The molecule has 2 N–H and O–H groups in total.